The molecule has 0 unspecified atom stereocenters. The molecule has 9 heteroatoms. The molecule has 7 nitrogen and oxygen atoms in total. The van der Waals surface area contributed by atoms with Crippen LogP contribution in [0.5, 0.6) is 0 Å². The second-order valence-corrected chi connectivity index (χ2v) is 10.0. The number of halogens is 1. The zero-order valence-electron chi connectivity index (χ0n) is 19.8. The van der Waals surface area contributed by atoms with Gasteiger partial charge in [0, 0.05) is 6.04 Å². The van der Waals surface area contributed by atoms with Gasteiger partial charge in [0.1, 0.15) is 12.4 Å². The van der Waals surface area contributed by atoms with Crippen molar-refractivity contribution in [2.75, 3.05) is 16.2 Å². The fraction of sp³-hybridized carbons (Fsp3) is 0.231. The van der Waals surface area contributed by atoms with Gasteiger partial charge in [0.05, 0.1) is 21.8 Å². The molecular weight excluding hydrogens is 469 g/mol. The summed E-state index contributed by atoms with van der Waals surface area (Å²) in [5, 5.41) is 5.44. The zero-order chi connectivity index (χ0) is 25.6. The van der Waals surface area contributed by atoms with Gasteiger partial charge in [0.2, 0.25) is 5.91 Å². The van der Waals surface area contributed by atoms with Crippen molar-refractivity contribution >= 4 is 33.2 Å². The SMILES string of the molecule is CC[C@H](C)NC(=O)c1ccccc1NC(=O)CN(c1ccccc1F)S(=O)(=O)c1ccc(C)cc1. The third-order valence-electron chi connectivity index (χ3n) is 5.45. The number of carbonyl (C=O) groups excluding carboxylic acids is 2. The van der Waals surface area contributed by atoms with Gasteiger partial charge in [-0.05, 0) is 56.7 Å². The quantitative estimate of drug-likeness (QED) is 0.455. The topological polar surface area (TPSA) is 95.6 Å². The zero-order valence-corrected chi connectivity index (χ0v) is 20.6. The molecule has 0 bridgehead atoms. The van der Waals surface area contributed by atoms with Crippen LogP contribution in [0.25, 0.3) is 0 Å². The van der Waals surface area contributed by atoms with E-state index in [0.29, 0.717) is 0 Å². The minimum atomic E-state index is -4.27. The molecule has 2 amide bonds. The molecular formula is C26H28FN3O4S. The van der Waals surface area contributed by atoms with Crippen LogP contribution < -0.4 is 14.9 Å². The fourth-order valence-corrected chi connectivity index (χ4v) is 4.73. The molecule has 0 saturated carbocycles. The molecule has 0 heterocycles. The molecule has 0 aliphatic rings. The Kier molecular flexibility index (Phi) is 8.24. The Morgan fingerprint density at radius 3 is 2.26 bits per heavy atom. The number of aryl methyl sites for hydroxylation is 1. The third kappa shape index (κ3) is 6.24. The summed E-state index contributed by atoms with van der Waals surface area (Å²) in [6.07, 6.45) is 0.731. The Labute approximate surface area is 205 Å². The standard InChI is InChI=1S/C26H28FN3O4S/c1-4-19(3)28-26(32)21-9-5-7-11-23(21)29-25(31)17-30(24-12-8-6-10-22(24)27)35(33,34)20-15-13-18(2)14-16-20/h5-16,19H,4,17H2,1-3H3,(H,28,32)(H,29,31)/t19-/m0/s1. The van der Waals surface area contributed by atoms with Gasteiger partial charge in [-0.1, -0.05) is 48.9 Å². The van der Waals surface area contributed by atoms with E-state index in [-0.39, 0.29) is 33.8 Å². The average Bonchev–Trinajstić information content (AvgIpc) is 2.83. The van der Waals surface area contributed by atoms with Crippen molar-refractivity contribution in [2.24, 2.45) is 0 Å². The summed E-state index contributed by atoms with van der Waals surface area (Å²) >= 11 is 0. The summed E-state index contributed by atoms with van der Waals surface area (Å²) in [5.74, 6) is -1.88. The van der Waals surface area contributed by atoms with Crippen molar-refractivity contribution in [1.29, 1.82) is 0 Å². The predicted molar refractivity (Wildman–Crippen MR) is 134 cm³/mol. The summed E-state index contributed by atoms with van der Waals surface area (Å²) in [4.78, 5) is 25.6. The maximum absolute atomic E-state index is 14.7. The maximum Gasteiger partial charge on any atom is 0.264 e. The average molecular weight is 498 g/mol. The van der Waals surface area contributed by atoms with Crippen LogP contribution in [0.4, 0.5) is 15.8 Å². The van der Waals surface area contributed by atoms with Crippen molar-refractivity contribution in [2.45, 2.75) is 38.1 Å². The molecule has 0 aromatic heterocycles. The molecule has 3 rings (SSSR count). The second kappa shape index (κ2) is 11.1. The van der Waals surface area contributed by atoms with E-state index in [9.17, 15) is 22.4 Å². The van der Waals surface area contributed by atoms with E-state index in [2.05, 4.69) is 10.6 Å². The molecule has 0 saturated heterocycles. The minimum absolute atomic E-state index is 0.0672. The number of nitrogens with zero attached hydrogens (tertiary/aromatic N) is 1. The fourth-order valence-electron chi connectivity index (χ4n) is 3.30. The lowest BCUT2D eigenvalue weighted by atomic mass is 10.1. The van der Waals surface area contributed by atoms with Crippen molar-refractivity contribution in [3.05, 3.63) is 89.7 Å². The first-order chi connectivity index (χ1) is 16.6. The summed E-state index contributed by atoms with van der Waals surface area (Å²) in [5.41, 5.74) is 1.05. The van der Waals surface area contributed by atoms with E-state index in [1.54, 1.807) is 36.4 Å². The van der Waals surface area contributed by atoms with Crippen LogP contribution in [0.1, 0.15) is 36.2 Å². The van der Waals surface area contributed by atoms with Gasteiger partial charge in [-0.15, -0.1) is 0 Å². The Morgan fingerprint density at radius 2 is 1.60 bits per heavy atom. The van der Waals surface area contributed by atoms with Crippen LogP contribution >= 0.6 is 0 Å². The molecule has 35 heavy (non-hydrogen) atoms. The number of carbonyl (C=O) groups is 2. The first kappa shape index (κ1) is 25.9. The number of hydrogen-bond acceptors (Lipinski definition) is 4. The first-order valence-electron chi connectivity index (χ1n) is 11.2. The molecule has 0 aliphatic heterocycles. The molecule has 1 atom stereocenters. The van der Waals surface area contributed by atoms with Gasteiger partial charge in [0.25, 0.3) is 15.9 Å². The van der Waals surface area contributed by atoms with E-state index >= 15 is 0 Å². The van der Waals surface area contributed by atoms with Crippen LogP contribution in [0.15, 0.2) is 77.7 Å². The van der Waals surface area contributed by atoms with Gasteiger partial charge in [-0.25, -0.2) is 12.8 Å². The second-order valence-electron chi connectivity index (χ2n) is 8.15. The largest absolute Gasteiger partial charge is 0.350 e. The Balaban J connectivity index is 1.93. The molecule has 0 aliphatic carbocycles. The van der Waals surface area contributed by atoms with E-state index in [1.807, 2.05) is 20.8 Å². The van der Waals surface area contributed by atoms with Crippen LogP contribution in [0.3, 0.4) is 0 Å². The Bertz CT molecular complexity index is 1310. The highest BCUT2D eigenvalue weighted by molar-refractivity contribution is 7.92. The van der Waals surface area contributed by atoms with Gasteiger partial charge in [-0.3, -0.25) is 13.9 Å². The van der Waals surface area contributed by atoms with Crippen molar-refractivity contribution in [3.8, 4) is 0 Å². The lowest BCUT2D eigenvalue weighted by Gasteiger charge is -2.25. The Morgan fingerprint density at radius 1 is 0.971 bits per heavy atom. The molecule has 0 spiro atoms. The lowest BCUT2D eigenvalue weighted by Crippen LogP contribution is -2.39. The van der Waals surface area contributed by atoms with Crippen LogP contribution in [0, 0.1) is 12.7 Å². The molecule has 3 aromatic rings. The monoisotopic (exact) mass is 497 g/mol. The molecule has 3 aromatic carbocycles. The Hall–Kier alpha value is -3.72. The first-order valence-corrected chi connectivity index (χ1v) is 12.6. The highest BCUT2D eigenvalue weighted by Gasteiger charge is 2.29. The van der Waals surface area contributed by atoms with E-state index in [1.165, 1.54) is 30.3 Å². The van der Waals surface area contributed by atoms with Gasteiger partial charge in [0.15, 0.2) is 0 Å². The number of hydrogen-bond donors (Lipinski definition) is 2. The van der Waals surface area contributed by atoms with Gasteiger partial charge >= 0.3 is 0 Å². The molecule has 2 N–H and O–H groups in total. The van der Waals surface area contributed by atoms with Crippen LogP contribution in [-0.4, -0.2) is 32.8 Å². The normalized spacial score (nSPS) is 12.0. The third-order valence-corrected chi connectivity index (χ3v) is 7.23. The summed E-state index contributed by atoms with van der Waals surface area (Å²) in [6.45, 7) is 4.91. The van der Waals surface area contributed by atoms with Crippen molar-refractivity contribution < 1.29 is 22.4 Å². The number of amides is 2. The molecule has 0 radical (unpaired) electrons. The van der Waals surface area contributed by atoms with E-state index < -0.39 is 28.3 Å². The predicted octanol–water partition coefficient (Wildman–Crippen LogP) is 4.50. The van der Waals surface area contributed by atoms with Crippen LogP contribution in [0.2, 0.25) is 0 Å². The van der Waals surface area contributed by atoms with E-state index in [4.69, 9.17) is 0 Å². The highest BCUT2D eigenvalue weighted by atomic mass is 32.2. The molecule has 184 valence electrons. The number of benzene rings is 3. The van der Waals surface area contributed by atoms with Crippen LogP contribution in [-0.2, 0) is 14.8 Å². The summed E-state index contributed by atoms with van der Waals surface area (Å²) in [6, 6.07) is 17.7. The maximum atomic E-state index is 14.7. The van der Waals surface area contributed by atoms with E-state index in [0.717, 1.165) is 22.4 Å². The van der Waals surface area contributed by atoms with Gasteiger partial charge in [-0.2, -0.15) is 0 Å². The number of nitrogens with one attached hydrogen (secondary N) is 2. The smallest absolute Gasteiger partial charge is 0.264 e. The summed E-state index contributed by atoms with van der Waals surface area (Å²) in [7, 11) is -4.27. The number of para-hydroxylation sites is 2. The highest BCUT2D eigenvalue weighted by Crippen LogP contribution is 2.27. The number of rotatable bonds is 9. The lowest BCUT2D eigenvalue weighted by molar-refractivity contribution is -0.114. The molecule has 0 fully saturated rings. The van der Waals surface area contributed by atoms with Gasteiger partial charge < -0.3 is 10.6 Å². The number of sulfonamides is 1. The summed E-state index contributed by atoms with van der Waals surface area (Å²) < 4.78 is 42.2. The van der Waals surface area contributed by atoms with Crippen molar-refractivity contribution in [3.63, 3.8) is 0 Å². The van der Waals surface area contributed by atoms with Crippen molar-refractivity contribution in [1.82, 2.24) is 5.32 Å². The minimum Gasteiger partial charge on any atom is -0.350 e. The number of anilines is 2.